The molecule has 0 N–H and O–H groups in total. The third-order valence-corrected chi connectivity index (χ3v) is 4.64. The third kappa shape index (κ3) is 3.26. The summed E-state index contributed by atoms with van der Waals surface area (Å²) in [5.41, 5.74) is 3.25. The number of aromatic nitrogens is 1. The molecule has 0 saturated carbocycles. The summed E-state index contributed by atoms with van der Waals surface area (Å²) in [6.07, 6.45) is 2.58. The molecule has 0 saturated heterocycles. The van der Waals surface area contributed by atoms with Crippen LogP contribution in [0.3, 0.4) is 0 Å². The van der Waals surface area contributed by atoms with Crippen molar-refractivity contribution >= 4 is 5.91 Å². The van der Waals surface area contributed by atoms with Crippen LogP contribution in [0.1, 0.15) is 21.5 Å². The van der Waals surface area contributed by atoms with Crippen LogP contribution in [0.25, 0.3) is 0 Å². The first kappa shape index (κ1) is 16.5. The molecule has 0 spiro atoms. The topological polar surface area (TPSA) is 45.7 Å². The molecular weight excluding hydrogens is 302 g/mol. The molecule has 2 heterocycles. The van der Waals surface area contributed by atoms with Crippen LogP contribution in [0.4, 0.5) is 0 Å². The van der Waals surface area contributed by atoms with Crippen molar-refractivity contribution in [2.45, 2.75) is 19.0 Å². The number of fused-ring (bicyclic) bond motifs is 1. The van der Waals surface area contributed by atoms with E-state index < -0.39 is 0 Å². The van der Waals surface area contributed by atoms with E-state index in [1.54, 1.807) is 23.2 Å². The molecule has 0 unspecified atom stereocenters. The predicted octanol–water partition coefficient (Wildman–Crippen LogP) is 2.22. The van der Waals surface area contributed by atoms with Crippen LogP contribution in [0.2, 0.25) is 0 Å². The Morgan fingerprint density at radius 2 is 2.04 bits per heavy atom. The van der Waals surface area contributed by atoms with Crippen LogP contribution in [0.15, 0.2) is 42.6 Å². The lowest BCUT2D eigenvalue weighted by molar-refractivity contribution is 0.0729. The summed E-state index contributed by atoms with van der Waals surface area (Å²) >= 11 is 0. The fourth-order valence-corrected chi connectivity index (χ4v) is 3.24. The quantitative estimate of drug-likeness (QED) is 0.865. The second-order valence-electron chi connectivity index (χ2n) is 6.29. The first-order valence-corrected chi connectivity index (χ1v) is 8.11. The Morgan fingerprint density at radius 3 is 2.79 bits per heavy atom. The number of carbonyl (C=O) groups is 1. The lowest BCUT2D eigenvalue weighted by Gasteiger charge is -2.36. The number of ether oxygens (including phenoxy) is 1. The monoisotopic (exact) mass is 325 g/mol. The number of amides is 1. The minimum atomic E-state index is -0.0628. The number of hydrogen-bond acceptors (Lipinski definition) is 4. The molecule has 0 radical (unpaired) electrons. The molecule has 5 heteroatoms. The van der Waals surface area contributed by atoms with E-state index in [0.29, 0.717) is 24.0 Å². The van der Waals surface area contributed by atoms with Gasteiger partial charge < -0.3 is 9.64 Å². The van der Waals surface area contributed by atoms with Gasteiger partial charge in [0.15, 0.2) is 0 Å². The van der Waals surface area contributed by atoms with Gasteiger partial charge in [0.2, 0.25) is 5.88 Å². The molecule has 1 aliphatic heterocycles. The molecule has 126 valence electrons. The second-order valence-corrected chi connectivity index (χ2v) is 6.29. The number of methoxy groups -OCH3 is 1. The van der Waals surface area contributed by atoms with Crippen molar-refractivity contribution in [1.29, 1.82) is 0 Å². The van der Waals surface area contributed by atoms with Crippen LogP contribution in [0, 0.1) is 0 Å². The Morgan fingerprint density at radius 1 is 1.29 bits per heavy atom. The Kier molecular flexibility index (Phi) is 4.81. The average Bonchev–Trinajstić information content (AvgIpc) is 2.61. The van der Waals surface area contributed by atoms with Gasteiger partial charge in [0, 0.05) is 32.4 Å². The number of rotatable bonds is 4. The molecule has 24 heavy (non-hydrogen) atoms. The number of nitrogens with zero attached hydrogens (tertiary/aromatic N) is 3. The number of benzene rings is 1. The van der Waals surface area contributed by atoms with E-state index in [1.807, 2.05) is 7.05 Å². The van der Waals surface area contributed by atoms with Crippen LogP contribution < -0.4 is 4.74 Å². The highest BCUT2D eigenvalue weighted by Crippen LogP contribution is 2.23. The van der Waals surface area contributed by atoms with Crippen molar-refractivity contribution in [2.24, 2.45) is 0 Å². The van der Waals surface area contributed by atoms with Gasteiger partial charge in [0.25, 0.3) is 5.91 Å². The number of hydrogen-bond donors (Lipinski definition) is 0. The molecule has 1 aromatic heterocycles. The summed E-state index contributed by atoms with van der Waals surface area (Å²) in [5, 5.41) is 0. The lowest BCUT2D eigenvalue weighted by atomic mass is 9.94. The highest BCUT2D eigenvalue weighted by atomic mass is 16.5. The maximum atomic E-state index is 12.7. The summed E-state index contributed by atoms with van der Waals surface area (Å²) < 4.78 is 5.21. The molecule has 2 aromatic rings. The van der Waals surface area contributed by atoms with E-state index in [1.165, 1.54) is 18.2 Å². The third-order valence-electron chi connectivity index (χ3n) is 4.64. The Labute approximate surface area is 142 Å². The van der Waals surface area contributed by atoms with E-state index in [0.717, 1.165) is 13.0 Å². The van der Waals surface area contributed by atoms with Crippen molar-refractivity contribution in [3.63, 3.8) is 0 Å². The molecule has 0 aliphatic carbocycles. The smallest absolute Gasteiger partial charge is 0.259 e. The van der Waals surface area contributed by atoms with Crippen LogP contribution in [-0.4, -0.2) is 54.5 Å². The maximum Gasteiger partial charge on any atom is 0.259 e. The molecule has 1 atom stereocenters. The van der Waals surface area contributed by atoms with Gasteiger partial charge >= 0.3 is 0 Å². The minimum Gasteiger partial charge on any atom is -0.480 e. The van der Waals surface area contributed by atoms with E-state index in [2.05, 4.69) is 41.2 Å². The van der Waals surface area contributed by atoms with E-state index in [9.17, 15) is 4.79 Å². The number of likely N-dealkylation sites (N-methyl/N-ethyl adjacent to an activating group) is 2. The van der Waals surface area contributed by atoms with Crippen molar-refractivity contribution in [1.82, 2.24) is 14.8 Å². The van der Waals surface area contributed by atoms with Gasteiger partial charge in [-0.3, -0.25) is 9.69 Å². The fraction of sp³-hybridized carbons (Fsp3) is 0.368. The summed E-state index contributed by atoms with van der Waals surface area (Å²) in [6.45, 7) is 1.58. The average molecular weight is 325 g/mol. The molecule has 0 fully saturated rings. The predicted molar refractivity (Wildman–Crippen MR) is 93.2 cm³/mol. The van der Waals surface area contributed by atoms with E-state index in [-0.39, 0.29) is 5.91 Å². The fourth-order valence-electron chi connectivity index (χ4n) is 3.24. The molecule has 1 amide bonds. The zero-order chi connectivity index (χ0) is 17.1. The van der Waals surface area contributed by atoms with Gasteiger partial charge in [-0.15, -0.1) is 0 Å². The Bertz CT molecular complexity index is 732. The largest absolute Gasteiger partial charge is 0.480 e. The second kappa shape index (κ2) is 7.01. The van der Waals surface area contributed by atoms with Gasteiger partial charge in [0.05, 0.1) is 7.11 Å². The zero-order valence-electron chi connectivity index (χ0n) is 14.4. The normalized spacial score (nSPS) is 17.2. The first-order chi connectivity index (χ1) is 11.6. The van der Waals surface area contributed by atoms with Crippen LogP contribution in [0.5, 0.6) is 5.88 Å². The minimum absolute atomic E-state index is 0.0628. The summed E-state index contributed by atoms with van der Waals surface area (Å²) in [5.74, 6) is 0.309. The van der Waals surface area contributed by atoms with Gasteiger partial charge in [-0.1, -0.05) is 24.3 Å². The SMILES string of the molecule is COc1ncccc1C(=O)N(C)C[C@@H]1Cc2ccccc2CN1C. The Hall–Kier alpha value is -2.40. The summed E-state index contributed by atoms with van der Waals surface area (Å²) in [6, 6.07) is 12.3. The van der Waals surface area contributed by atoms with Crippen molar-refractivity contribution in [3.05, 3.63) is 59.3 Å². The van der Waals surface area contributed by atoms with Crippen molar-refractivity contribution in [2.75, 3.05) is 27.7 Å². The van der Waals surface area contributed by atoms with Gasteiger partial charge in [-0.25, -0.2) is 4.98 Å². The van der Waals surface area contributed by atoms with Gasteiger partial charge in [-0.2, -0.15) is 0 Å². The standard InChI is InChI=1S/C19H23N3O2/c1-21-12-15-8-5-4-7-14(15)11-16(21)13-22(2)19(23)17-9-6-10-20-18(17)24-3/h4-10,16H,11-13H2,1-3H3/t16-/m0/s1. The molecule has 5 nitrogen and oxygen atoms in total. The zero-order valence-corrected chi connectivity index (χ0v) is 14.4. The van der Waals surface area contributed by atoms with Gasteiger partial charge in [0.1, 0.15) is 5.56 Å². The molecule has 1 aromatic carbocycles. The lowest BCUT2D eigenvalue weighted by Crippen LogP contribution is -2.46. The van der Waals surface area contributed by atoms with Crippen molar-refractivity contribution < 1.29 is 9.53 Å². The number of carbonyl (C=O) groups excluding carboxylic acids is 1. The Balaban J connectivity index is 1.73. The van der Waals surface area contributed by atoms with E-state index in [4.69, 9.17) is 4.74 Å². The van der Waals surface area contributed by atoms with Gasteiger partial charge in [-0.05, 0) is 36.7 Å². The highest BCUT2D eigenvalue weighted by molar-refractivity contribution is 5.96. The summed E-state index contributed by atoms with van der Waals surface area (Å²) in [7, 11) is 5.48. The number of pyridine rings is 1. The highest BCUT2D eigenvalue weighted by Gasteiger charge is 2.26. The van der Waals surface area contributed by atoms with Crippen molar-refractivity contribution in [3.8, 4) is 5.88 Å². The summed E-state index contributed by atoms with van der Waals surface area (Å²) in [4.78, 5) is 20.9. The van der Waals surface area contributed by atoms with E-state index >= 15 is 0 Å². The molecular formula is C19H23N3O2. The van der Waals surface area contributed by atoms with Crippen LogP contribution >= 0.6 is 0 Å². The molecule has 0 bridgehead atoms. The molecule has 3 rings (SSSR count). The first-order valence-electron chi connectivity index (χ1n) is 8.11. The maximum absolute atomic E-state index is 12.7. The molecule has 1 aliphatic rings. The van der Waals surface area contributed by atoms with Crippen LogP contribution in [-0.2, 0) is 13.0 Å².